The lowest BCUT2D eigenvalue weighted by atomic mass is 9.71. The number of alkyl halides is 11. The van der Waals surface area contributed by atoms with Crippen LogP contribution in [0.4, 0.5) is 53.4 Å². The van der Waals surface area contributed by atoms with Crippen LogP contribution in [-0.4, -0.2) is 46.2 Å². The van der Waals surface area contributed by atoms with E-state index in [4.69, 9.17) is 0 Å². The zero-order valence-electron chi connectivity index (χ0n) is 14.2. The lowest BCUT2D eigenvalue weighted by Crippen LogP contribution is -2.86. The molecule has 1 amide bonds. The predicted octanol–water partition coefficient (Wildman–Crippen LogP) is 5.44. The molecule has 0 saturated heterocycles. The van der Waals surface area contributed by atoms with Gasteiger partial charge in [0.15, 0.2) is 5.13 Å². The largest absolute Gasteiger partial charge is 0.384 e. The van der Waals surface area contributed by atoms with Gasteiger partial charge < -0.3 is 0 Å². The molecule has 1 fully saturated rings. The van der Waals surface area contributed by atoms with Gasteiger partial charge in [0.2, 0.25) is 0 Å². The summed E-state index contributed by atoms with van der Waals surface area (Å²) >= 11 is 0.380. The third-order valence-corrected chi connectivity index (χ3v) is 5.45. The lowest BCUT2D eigenvalue weighted by molar-refractivity contribution is -0.475. The SMILES string of the molecule is Cc1ccc2nc(NC(=O)C3(F)C(F)(F)C(F)(F)C(F)(F)C(F)(F)C3(F)F)sc2c1. The maximum atomic E-state index is 14.6. The average Bonchev–Trinajstić information content (AvgIpc) is 3.00. The molecular weight excluding hydrogens is 465 g/mol. The number of aryl methyl sites for hydroxylation is 1. The predicted molar refractivity (Wildman–Crippen MR) is 81.6 cm³/mol. The summed E-state index contributed by atoms with van der Waals surface area (Å²) < 4.78 is 151. The van der Waals surface area contributed by atoms with Crippen LogP contribution in [0, 0.1) is 6.92 Å². The number of hydrogen-bond donors (Lipinski definition) is 1. The quantitative estimate of drug-likeness (QED) is 0.592. The second-order valence-corrected chi connectivity index (χ2v) is 7.51. The summed E-state index contributed by atoms with van der Waals surface area (Å²) in [5, 5.41) is 0.102. The zero-order valence-corrected chi connectivity index (χ0v) is 15.0. The summed E-state index contributed by atoms with van der Waals surface area (Å²) in [4.78, 5) is 15.4. The molecule has 3 nitrogen and oxygen atoms in total. The molecule has 1 aromatic heterocycles. The van der Waals surface area contributed by atoms with E-state index in [1.165, 1.54) is 18.2 Å². The number of nitrogens with one attached hydrogen (secondary N) is 1. The van der Waals surface area contributed by atoms with E-state index in [2.05, 4.69) is 4.98 Å². The Bertz CT molecular complexity index is 1000. The van der Waals surface area contributed by atoms with Gasteiger partial charge >= 0.3 is 35.3 Å². The molecule has 0 unspecified atom stereocenters. The van der Waals surface area contributed by atoms with Gasteiger partial charge in [0.25, 0.3) is 5.91 Å². The molecule has 30 heavy (non-hydrogen) atoms. The van der Waals surface area contributed by atoms with Crippen molar-refractivity contribution >= 4 is 32.6 Å². The zero-order chi connectivity index (χ0) is 23.1. The Morgan fingerprint density at radius 1 is 0.833 bits per heavy atom. The normalized spacial score (nSPS) is 25.1. The van der Waals surface area contributed by atoms with Gasteiger partial charge in [-0.2, -0.15) is 43.9 Å². The minimum atomic E-state index is -7.38. The van der Waals surface area contributed by atoms with Crippen LogP contribution >= 0.6 is 11.3 Å². The number of hydrogen-bond acceptors (Lipinski definition) is 3. The summed E-state index contributed by atoms with van der Waals surface area (Å²) in [5.74, 6) is -39.9. The first-order valence-electron chi connectivity index (χ1n) is 7.63. The number of carbonyl (C=O) groups is 1. The maximum absolute atomic E-state index is 14.6. The number of rotatable bonds is 2. The highest BCUT2D eigenvalue weighted by molar-refractivity contribution is 7.22. The Morgan fingerprint density at radius 2 is 1.30 bits per heavy atom. The van der Waals surface area contributed by atoms with Crippen LogP contribution in [0.5, 0.6) is 0 Å². The van der Waals surface area contributed by atoms with E-state index in [9.17, 15) is 53.1 Å². The molecule has 1 aromatic carbocycles. The Labute approximate surface area is 162 Å². The molecule has 1 aliphatic rings. The van der Waals surface area contributed by atoms with Crippen molar-refractivity contribution in [3.05, 3.63) is 23.8 Å². The van der Waals surface area contributed by atoms with Crippen molar-refractivity contribution in [2.75, 3.05) is 5.32 Å². The van der Waals surface area contributed by atoms with Crippen LogP contribution in [0.3, 0.4) is 0 Å². The molecule has 1 heterocycles. The number of fused-ring (bicyclic) bond motifs is 1. The van der Waals surface area contributed by atoms with Gasteiger partial charge in [-0.05, 0) is 24.6 Å². The number of amides is 1. The Morgan fingerprint density at radius 3 is 1.80 bits per heavy atom. The molecule has 0 spiro atoms. The van der Waals surface area contributed by atoms with Crippen molar-refractivity contribution in [1.82, 2.24) is 4.98 Å². The first-order chi connectivity index (χ1) is 13.4. The molecule has 3 rings (SSSR count). The number of anilines is 1. The molecule has 166 valence electrons. The maximum Gasteiger partial charge on any atom is 0.384 e. The molecule has 0 atom stereocenters. The number of thiazole rings is 1. The van der Waals surface area contributed by atoms with Crippen LogP contribution in [0.2, 0.25) is 0 Å². The minimum absolute atomic E-state index is 0.0261. The summed E-state index contributed by atoms with van der Waals surface area (Å²) in [6.07, 6.45) is 0. The molecule has 0 aliphatic heterocycles. The Hall–Kier alpha value is -2.19. The molecule has 2 aromatic rings. The van der Waals surface area contributed by atoms with E-state index < -0.39 is 46.3 Å². The number of halogens is 11. The van der Waals surface area contributed by atoms with Crippen LogP contribution in [0.15, 0.2) is 18.2 Å². The molecular formula is C15H7F11N2OS. The standard InChI is InChI=1S/C15H7F11N2OS/c1-5-2-3-6-7(4-5)30-9(27-6)28-8(29)10(16)11(17,18)13(21,22)15(25,26)14(23,24)12(10,19)20/h2-4H,1H3,(H,27,28,29). The number of carbonyl (C=O) groups excluding carboxylic acids is 1. The fraction of sp³-hybridized carbons (Fsp3) is 0.467. The highest BCUT2D eigenvalue weighted by Crippen LogP contribution is 2.69. The van der Waals surface area contributed by atoms with E-state index in [1.807, 2.05) is 0 Å². The highest BCUT2D eigenvalue weighted by atomic mass is 32.1. The number of aromatic nitrogens is 1. The van der Waals surface area contributed by atoms with Crippen LogP contribution < -0.4 is 5.32 Å². The van der Waals surface area contributed by atoms with Crippen LogP contribution in [0.25, 0.3) is 10.2 Å². The number of nitrogens with zero attached hydrogens (tertiary/aromatic N) is 1. The first kappa shape index (κ1) is 22.5. The van der Waals surface area contributed by atoms with Crippen molar-refractivity contribution in [2.45, 2.75) is 42.2 Å². The van der Waals surface area contributed by atoms with Gasteiger partial charge in [-0.3, -0.25) is 10.1 Å². The van der Waals surface area contributed by atoms with Crippen LogP contribution in [0.1, 0.15) is 5.56 Å². The Balaban J connectivity index is 2.13. The van der Waals surface area contributed by atoms with Crippen molar-refractivity contribution in [3.8, 4) is 0 Å². The lowest BCUT2D eigenvalue weighted by Gasteiger charge is -2.51. The second kappa shape index (κ2) is 5.95. The van der Waals surface area contributed by atoms with Crippen molar-refractivity contribution in [2.24, 2.45) is 0 Å². The van der Waals surface area contributed by atoms with E-state index in [1.54, 1.807) is 6.92 Å². The van der Waals surface area contributed by atoms with Gasteiger partial charge in [-0.1, -0.05) is 17.4 Å². The molecule has 0 radical (unpaired) electrons. The Kier molecular flexibility index (Phi) is 4.46. The summed E-state index contributed by atoms with van der Waals surface area (Å²) in [6.45, 7) is 1.58. The summed E-state index contributed by atoms with van der Waals surface area (Å²) in [7, 11) is 0. The minimum Gasteiger partial charge on any atom is -0.299 e. The molecule has 1 N–H and O–H groups in total. The molecule has 1 aliphatic carbocycles. The third kappa shape index (κ3) is 2.32. The first-order valence-corrected chi connectivity index (χ1v) is 8.44. The topological polar surface area (TPSA) is 42.0 Å². The molecule has 1 saturated carbocycles. The van der Waals surface area contributed by atoms with Gasteiger partial charge in [0, 0.05) is 0 Å². The van der Waals surface area contributed by atoms with Gasteiger partial charge in [-0.25, -0.2) is 9.37 Å². The van der Waals surface area contributed by atoms with Gasteiger partial charge in [-0.15, -0.1) is 0 Å². The van der Waals surface area contributed by atoms with Crippen molar-refractivity contribution in [3.63, 3.8) is 0 Å². The fourth-order valence-corrected chi connectivity index (χ4v) is 3.73. The summed E-state index contributed by atoms with van der Waals surface area (Å²) in [6, 6.07) is 4.17. The highest BCUT2D eigenvalue weighted by Gasteiger charge is 3.02. The molecule has 0 bridgehead atoms. The van der Waals surface area contributed by atoms with Crippen molar-refractivity contribution < 1.29 is 53.1 Å². The monoisotopic (exact) mass is 472 g/mol. The van der Waals surface area contributed by atoms with E-state index in [-0.39, 0.29) is 10.2 Å². The van der Waals surface area contributed by atoms with E-state index >= 15 is 0 Å². The van der Waals surface area contributed by atoms with Crippen LogP contribution in [-0.2, 0) is 4.79 Å². The average molecular weight is 472 g/mol. The third-order valence-electron chi connectivity index (χ3n) is 4.52. The fourth-order valence-electron chi connectivity index (χ4n) is 2.78. The van der Waals surface area contributed by atoms with E-state index in [0.29, 0.717) is 16.9 Å². The van der Waals surface area contributed by atoms with E-state index in [0.717, 1.165) is 5.32 Å². The molecule has 15 heteroatoms. The van der Waals surface area contributed by atoms with Gasteiger partial charge in [0.1, 0.15) is 0 Å². The number of benzene rings is 1. The van der Waals surface area contributed by atoms with Gasteiger partial charge in [0.05, 0.1) is 10.2 Å². The van der Waals surface area contributed by atoms with Crippen molar-refractivity contribution in [1.29, 1.82) is 0 Å². The smallest absolute Gasteiger partial charge is 0.299 e. The summed E-state index contributed by atoms with van der Waals surface area (Å²) in [5.41, 5.74) is -6.11. The second-order valence-electron chi connectivity index (χ2n) is 6.47.